The normalized spacial score (nSPS) is 26.1. The number of aryl methyl sites for hydroxylation is 1. The summed E-state index contributed by atoms with van der Waals surface area (Å²) < 4.78 is 30.0. The van der Waals surface area contributed by atoms with Gasteiger partial charge in [0, 0.05) is 53.1 Å². The number of fused-ring (bicyclic) bond motifs is 10. The number of likely N-dealkylation sites (N-methyl/N-ethyl adjacent to an activating group) is 1. The van der Waals surface area contributed by atoms with E-state index in [9.17, 15) is 29.5 Å². The zero-order valence-electron chi connectivity index (χ0n) is 33.4. The van der Waals surface area contributed by atoms with E-state index >= 15 is 0 Å². The molecule has 59 heavy (non-hydrogen) atoms. The molecular weight excluding hydrogens is 779 g/mol. The molecular formula is C43H45N5O10S. The Balaban J connectivity index is 1.22. The topological polar surface area (TPSA) is 189 Å². The second-order valence-corrected chi connectivity index (χ2v) is 16.6. The Bertz CT molecular complexity index is 2310. The second kappa shape index (κ2) is 15.8. The van der Waals surface area contributed by atoms with Crippen LogP contribution in [0.4, 0.5) is 0 Å². The van der Waals surface area contributed by atoms with E-state index in [4.69, 9.17) is 23.7 Å². The van der Waals surface area contributed by atoms with Crippen molar-refractivity contribution in [3.63, 3.8) is 0 Å². The number of esters is 2. The zero-order valence-corrected chi connectivity index (χ0v) is 34.3. The number of nitrogens with one attached hydrogen (secondary N) is 2. The van der Waals surface area contributed by atoms with Gasteiger partial charge in [-0.3, -0.25) is 24.2 Å². The number of hydrogen-bond acceptors (Lipinski definition) is 14. The van der Waals surface area contributed by atoms with Gasteiger partial charge in [-0.25, -0.2) is 4.79 Å². The highest BCUT2D eigenvalue weighted by Gasteiger charge is 2.60. The Morgan fingerprint density at radius 1 is 1.08 bits per heavy atom. The Kier molecular flexibility index (Phi) is 10.7. The Labute approximate surface area is 345 Å². The van der Waals surface area contributed by atoms with Gasteiger partial charge in [-0.05, 0) is 57.0 Å². The minimum absolute atomic E-state index is 0.000332. The van der Waals surface area contributed by atoms with Crippen LogP contribution in [0.2, 0.25) is 0 Å². The smallest absolute Gasteiger partial charge is 0.329 e. The van der Waals surface area contributed by atoms with Gasteiger partial charge in [0.05, 0.1) is 30.5 Å². The molecule has 0 aliphatic carbocycles. The number of carbonyl (C=O) groups excluding carboxylic acids is 4. The van der Waals surface area contributed by atoms with Crippen LogP contribution < -0.4 is 29.6 Å². The summed E-state index contributed by atoms with van der Waals surface area (Å²) >= 11 is 1.33. The number of amides is 2. The molecule has 3 aromatic carbocycles. The van der Waals surface area contributed by atoms with Crippen molar-refractivity contribution in [1.29, 1.82) is 5.26 Å². The van der Waals surface area contributed by atoms with Gasteiger partial charge in [-0.1, -0.05) is 36.4 Å². The van der Waals surface area contributed by atoms with Crippen LogP contribution in [0.5, 0.6) is 28.7 Å². The lowest BCUT2D eigenvalue weighted by Gasteiger charge is -2.61. The van der Waals surface area contributed by atoms with Crippen molar-refractivity contribution in [2.24, 2.45) is 0 Å². The molecule has 15 nitrogen and oxygen atoms in total. The number of nitrogens with zero attached hydrogens (tertiary/aromatic N) is 3. The highest BCUT2D eigenvalue weighted by Crippen LogP contribution is 2.64. The van der Waals surface area contributed by atoms with Crippen molar-refractivity contribution in [2.45, 2.75) is 81.7 Å². The maximum absolute atomic E-state index is 14.0. The van der Waals surface area contributed by atoms with E-state index < -0.39 is 65.3 Å². The van der Waals surface area contributed by atoms with E-state index in [2.05, 4.69) is 26.5 Å². The van der Waals surface area contributed by atoms with E-state index in [-0.39, 0.29) is 36.7 Å². The van der Waals surface area contributed by atoms with Crippen LogP contribution in [0.15, 0.2) is 42.5 Å². The Morgan fingerprint density at radius 2 is 1.83 bits per heavy atom. The van der Waals surface area contributed by atoms with Crippen LogP contribution in [0, 0.1) is 25.2 Å². The molecule has 2 unspecified atom stereocenters. The minimum atomic E-state index is -1.16. The maximum Gasteiger partial charge on any atom is 0.329 e. The predicted octanol–water partition coefficient (Wildman–Crippen LogP) is 3.93. The summed E-state index contributed by atoms with van der Waals surface area (Å²) in [5.74, 6) is -0.956. The number of benzene rings is 3. The van der Waals surface area contributed by atoms with Crippen LogP contribution in [-0.4, -0.2) is 102 Å². The molecule has 2 fully saturated rings. The van der Waals surface area contributed by atoms with Gasteiger partial charge in [-0.2, -0.15) is 5.26 Å². The predicted molar refractivity (Wildman–Crippen MR) is 215 cm³/mol. The number of phenolic OH excluding ortho intramolecular Hbond substituents is 1. The number of hydrogen-bond donors (Lipinski definition) is 3. The number of methoxy groups -OCH3 is 1. The van der Waals surface area contributed by atoms with E-state index in [0.29, 0.717) is 45.9 Å². The standard InChI is InChI=1S/C43H45N5O10S/c1-20-14-25-15-27-28(16-44)48-29-17-55-43(53)26(46-42(52)22(3)45-30(50)13-12-24-10-8-7-9-11-24)18-59-41(35(48)34(47(27)5)31(25)36(51)37(20)54-6)33-32(29)40-39(56-19-57-40)21(2)38(33)58-23(4)49/h7-14,22,26-29,34-35,41,51H,15,17-19H2,1-6H3,(H,45,50)(H,46,52)/b13-12+/t22?,26-,27-,28-,29-,34+,35?,41+/m0/s1. The molecule has 16 heteroatoms. The first-order valence-corrected chi connectivity index (χ1v) is 20.4. The SMILES string of the molecule is COc1c(C)cc2c(c1O)[C@@H]1C3[C@@H]4SC[C@H](NC(=O)C(C)NC(=O)/C=C/c5ccccc5)C(=O)OC[C@@H](c5c6c(c(C)c(OC(C)=O)c54)OCO6)N3[C@@H](C#N)[C@H](C2)N1C. The van der Waals surface area contributed by atoms with Gasteiger partial charge in [0.2, 0.25) is 18.6 Å². The molecule has 0 saturated carbocycles. The molecule has 4 bridgehead atoms. The molecule has 308 valence electrons. The summed E-state index contributed by atoms with van der Waals surface area (Å²) in [5, 5.41) is 27.8. The van der Waals surface area contributed by atoms with Gasteiger partial charge in [0.25, 0.3) is 0 Å². The van der Waals surface area contributed by atoms with Gasteiger partial charge in [0.15, 0.2) is 23.0 Å². The molecule has 8 atom stereocenters. The lowest BCUT2D eigenvalue weighted by Crippen LogP contribution is -2.69. The molecule has 3 N–H and O–H groups in total. The fourth-order valence-electron chi connectivity index (χ4n) is 9.43. The van der Waals surface area contributed by atoms with Crippen molar-refractivity contribution in [1.82, 2.24) is 20.4 Å². The average molecular weight is 824 g/mol. The lowest BCUT2D eigenvalue weighted by atomic mass is 9.71. The van der Waals surface area contributed by atoms with Crippen molar-refractivity contribution in [2.75, 3.05) is 33.3 Å². The van der Waals surface area contributed by atoms with Crippen LogP contribution >= 0.6 is 11.8 Å². The quantitative estimate of drug-likeness (QED) is 0.177. The maximum atomic E-state index is 14.0. The van der Waals surface area contributed by atoms with E-state index in [1.54, 1.807) is 13.0 Å². The van der Waals surface area contributed by atoms with Crippen LogP contribution in [0.3, 0.4) is 0 Å². The Hall–Kier alpha value is -5.76. The van der Waals surface area contributed by atoms with Gasteiger partial charge >= 0.3 is 11.9 Å². The third kappa shape index (κ3) is 6.80. The van der Waals surface area contributed by atoms with Crippen LogP contribution in [0.25, 0.3) is 6.08 Å². The van der Waals surface area contributed by atoms with E-state index in [0.717, 1.165) is 16.7 Å². The molecule has 3 aromatic rings. The van der Waals surface area contributed by atoms with Crippen LogP contribution in [-0.2, 0) is 30.3 Å². The summed E-state index contributed by atoms with van der Waals surface area (Å²) in [6.07, 6.45) is 3.42. The summed E-state index contributed by atoms with van der Waals surface area (Å²) in [6, 6.07) is 8.65. The summed E-state index contributed by atoms with van der Waals surface area (Å²) in [6.45, 7) is 6.12. The molecule has 2 amide bonds. The summed E-state index contributed by atoms with van der Waals surface area (Å²) in [5.41, 5.74) is 4.85. The molecule has 2 saturated heterocycles. The number of aromatic hydroxyl groups is 1. The van der Waals surface area contributed by atoms with Gasteiger partial charge < -0.3 is 39.4 Å². The second-order valence-electron chi connectivity index (χ2n) is 15.4. The summed E-state index contributed by atoms with van der Waals surface area (Å²) in [4.78, 5) is 57.5. The van der Waals surface area contributed by atoms with Crippen molar-refractivity contribution >= 4 is 41.6 Å². The monoisotopic (exact) mass is 823 g/mol. The highest BCUT2D eigenvalue weighted by atomic mass is 32.2. The largest absolute Gasteiger partial charge is 0.504 e. The number of carbonyl (C=O) groups is 4. The third-order valence-electron chi connectivity index (χ3n) is 12.0. The first-order valence-electron chi connectivity index (χ1n) is 19.4. The van der Waals surface area contributed by atoms with Crippen molar-refractivity contribution in [3.05, 3.63) is 81.4 Å². The number of ether oxygens (including phenoxy) is 5. The van der Waals surface area contributed by atoms with E-state index in [1.807, 2.05) is 50.4 Å². The molecule has 0 spiro atoms. The fourth-order valence-corrected chi connectivity index (χ4v) is 10.9. The van der Waals surface area contributed by atoms with E-state index in [1.165, 1.54) is 38.8 Å². The zero-order chi connectivity index (χ0) is 41.9. The van der Waals surface area contributed by atoms with Crippen LogP contribution in [0.1, 0.15) is 70.1 Å². The molecule has 6 aliphatic heterocycles. The van der Waals surface area contributed by atoms with Crippen molar-refractivity contribution in [3.8, 4) is 34.8 Å². The van der Waals surface area contributed by atoms with Gasteiger partial charge in [-0.15, -0.1) is 11.8 Å². The first kappa shape index (κ1) is 40.0. The fraction of sp³-hybridized carbons (Fsp3) is 0.419. The number of phenols is 1. The van der Waals surface area contributed by atoms with Crippen molar-refractivity contribution < 1.29 is 48.0 Å². The van der Waals surface area contributed by atoms with Gasteiger partial charge in [0.1, 0.15) is 30.5 Å². The Morgan fingerprint density at radius 3 is 2.54 bits per heavy atom. The molecule has 6 aliphatic rings. The lowest BCUT2D eigenvalue weighted by molar-refractivity contribution is -0.152. The number of rotatable bonds is 7. The summed E-state index contributed by atoms with van der Waals surface area (Å²) in [7, 11) is 3.45. The average Bonchev–Trinajstić information content (AvgIpc) is 3.70. The molecule has 6 heterocycles. The molecule has 0 radical (unpaired) electrons. The number of thioether (sulfide) groups is 1. The third-order valence-corrected chi connectivity index (χ3v) is 13.4. The molecule has 0 aromatic heterocycles. The molecule has 9 rings (SSSR count). The number of piperazine rings is 1. The highest BCUT2D eigenvalue weighted by molar-refractivity contribution is 7.99. The minimum Gasteiger partial charge on any atom is -0.504 e. The number of nitriles is 1. The first-order chi connectivity index (χ1) is 28.3.